The lowest BCUT2D eigenvalue weighted by Gasteiger charge is -2.35. The predicted octanol–water partition coefficient (Wildman–Crippen LogP) is 1.91. The number of nitrogens with one attached hydrogen (secondary N) is 1. The minimum atomic E-state index is -0.160. The number of nitrogens with two attached hydrogens (primary N) is 1. The maximum atomic E-state index is 5.86. The number of rotatable bonds is 5. The van der Waals surface area contributed by atoms with E-state index in [0.717, 1.165) is 36.1 Å². The molecular weight excluding hydrogens is 264 g/mol. The molecular formula is C16H24N4O. The number of fused-ring (bicyclic) bond motifs is 1. The largest absolute Gasteiger partial charge is 0.377 e. The van der Waals surface area contributed by atoms with Crippen molar-refractivity contribution in [3.05, 3.63) is 30.1 Å². The lowest BCUT2D eigenvalue weighted by molar-refractivity contribution is -0.0361. The summed E-state index contributed by atoms with van der Waals surface area (Å²) in [5.41, 5.74) is 5.00. The molecule has 1 aromatic heterocycles. The van der Waals surface area contributed by atoms with Crippen molar-refractivity contribution in [2.75, 3.05) is 7.11 Å². The van der Waals surface area contributed by atoms with E-state index >= 15 is 0 Å². The molecule has 1 aliphatic carbocycles. The zero-order chi connectivity index (χ0) is 14.9. The van der Waals surface area contributed by atoms with Crippen LogP contribution in [0, 0.1) is 0 Å². The van der Waals surface area contributed by atoms with Crippen LogP contribution >= 0.6 is 0 Å². The fourth-order valence-corrected chi connectivity index (χ4v) is 3.63. The molecule has 1 aliphatic rings. The van der Waals surface area contributed by atoms with Crippen molar-refractivity contribution >= 4 is 11.0 Å². The van der Waals surface area contributed by atoms with Crippen molar-refractivity contribution in [1.82, 2.24) is 15.0 Å². The molecule has 5 heteroatoms. The van der Waals surface area contributed by atoms with Gasteiger partial charge in [0.1, 0.15) is 5.82 Å². The van der Waals surface area contributed by atoms with Gasteiger partial charge in [0, 0.05) is 20.6 Å². The highest BCUT2D eigenvalue weighted by Gasteiger charge is 2.41. The molecule has 1 fully saturated rings. The first kappa shape index (κ1) is 14.5. The second-order valence-corrected chi connectivity index (χ2v) is 5.98. The number of imidazole rings is 1. The molecule has 1 saturated carbocycles. The van der Waals surface area contributed by atoms with Gasteiger partial charge >= 0.3 is 0 Å². The summed E-state index contributed by atoms with van der Waals surface area (Å²) in [7, 11) is 3.86. The monoisotopic (exact) mass is 288 g/mol. The van der Waals surface area contributed by atoms with Gasteiger partial charge < -0.3 is 9.30 Å². The SMILES string of the molecule is COC1(C(Cc2nc3ccccc3n2C)NN)CCCC1. The van der Waals surface area contributed by atoms with Crippen LogP contribution in [0.15, 0.2) is 24.3 Å². The minimum Gasteiger partial charge on any atom is -0.377 e. The van der Waals surface area contributed by atoms with Crippen molar-refractivity contribution in [1.29, 1.82) is 0 Å². The minimum absolute atomic E-state index is 0.0838. The van der Waals surface area contributed by atoms with E-state index in [1.165, 1.54) is 12.8 Å². The van der Waals surface area contributed by atoms with Gasteiger partial charge in [-0.15, -0.1) is 0 Å². The summed E-state index contributed by atoms with van der Waals surface area (Å²) < 4.78 is 8.01. The third kappa shape index (κ3) is 2.46. The summed E-state index contributed by atoms with van der Waals surface area (Å²) in [6, 6.07) is 8.29. The maximum absolute atomic E-state index is 5.86. The maximum Gasteiger partial charge on any atom is 0.111 e. The average Bonchev–Trinajstić information content (AvgIpc) is 3.11. The van der Waals surface area contributed by atoms with Crippen molar-refractivity contribution in [3.63, 3.8) is 0 Å². The molecule has 21 heavy (non-hydrogen) atoms. The third-order valence-electron chi connectivity index (χ3n) is 4.96. The smallest absolute Gasteiger partial charge is 0.111 e. The van der Waals surface area contributed by atoms with Gasteiger partial charge in [-0.05, 0) is 25.0 Å². The first-order chi connectivity index (χ1) is 10.2. The van der Waals surface area contributed by atoms with Crippen LogP contribution in [0.3, 0.4) is 0 Å². The summed E-state index contributed by atoms with van der Waals surface area (Å²) in [5.74, 6) is 6.88. The van der Waals surface area contributed by atoms with Gasteiger partial charge in [-0.1, -0.05) is 25.0 Å². The van der Waals surface area contributed by atoms with Crippen molar-refractivity contribution in [3.8, 4) is 0 Å². The molecule has 1 unspecified atom stereocenters. The standard InChI is InChI=1S/C16H24N4O/c1-20-13-8-4-3-7-12(13)18-15(20)11-14(19-17)16(21-2)9-5-6-10-16/h3-4,7-8,14,19H,5-6,9-11,17H2,1-2H3. The Morgan fingerprint density at radius 3 is 2.71 bits per heavy atom. The Labute approximate surface area is 125 Å². The van der Waals surface area contributed by atoms with Crippen LogP contribution in [0.2, 0.25) is 0 Å². The van der Waals surface area contributed by atoms with Crippen LogP contribution < -0.4 is 11.3 Å². The molecule has 3 N–H and O–H groups in total. The summed E-state index contributed by atoms with van der Waals surface area (Å²) in [5, 5.41) is 0. The van der Waals surface area contributed by atoms with Crippen LogP contribution in [0.5, 0.6) is 0 Å². The Bertz CT molecular complexity index is 616. The lowest BCUT2D eigenvalue weighted by atomic mass is 9.90. The van der Waals surface area contributed by atoms with E-state index in [9.17, 15) is 0 Å². The molecule has 0 aliphatic heterocycles. The molecule has 0 spiro atoms. The van der Waals surface area contributed by atoms with E-state index in [1.807, 2.05) is 18.2 Å². The van der Waals surface area contributed by atoms with Gasteiger partial charge in [0.05, 0.1) is 22.7 Å². The number of hydrogen-bond donors (Lipinski definition) is 2. The van der Waals surface area contributed by atoms with E-state index in [0.29, 0.717) is 0 Å². The molecule has 5 nitrogen and oxygen atoms in total. The van der Waals surface area contributed by atoms with Gasteiger partial charge in [0.25, 0.3) is 0 Å². The fraction of sp³-hybridized carbons (Fsp3) is 0.562. The third-order valence-corrected chi connectivity index (χ3v) is 4.96. The number of hydrazine groups is 1. The van der Waals surface area contributed by atoms with Gasteiger partial charge in [-0.2, -0.15) is 0 Å². The lowest BCUT2D eigenvalue weighted by Crippen LogP contribution is -2.54. The molecule has 0 bridgehead atoms. The molecule has 114 valence electrons. The Morgan fingerprint density at radius 2 is 2.10 bits per heavy atom. The van der Waals surface area contributed by atoms with E-state index < -0.39 is 0 Å². The molecule has 2 aromatic rings. The molecule has 0 radical (unpaired) electrons. The summed E-state index contributed by atoms with van der Waals surface area (Å²) >= 11 is 0. The fourth-order valence-electron chi connectivity index (χ4n) is 3.63. The van der Waals surface area contributed by atoms with Crippen molar-refractivity contribution < 1.29 is 4.74 Å². The quantitative estimate of drug-likeness (QED) is 0.651. The number of benzene rings is 1. The Kier molecular flexibility index (Phi) is 3.97. The van der Waals surface area contributed by atoms with Crippen LogP contribution in [0.1, 0.15) is 31.5 Å². The molecule has 1 aromatic carbocycles. The van der Waals surface area contributed by atoms with E-state index in [-0.39, 0.29) is 11.6 Å². The number of methoxy groups -OCH3 is 1. The zero-order valence-electron chi connectivity index (χ0n) is 12.8. The number of hydrogen-bond acceptors (Lipinski definition) is 4. The van der Waals surface area contributed by atoms with Crippen LogP contribution in [-0.2, 0) is 18.2 Å². The molecule has 3 rings (SSSR count). The first-order valence-electron chi connectivity index (χ1n) is 7.62. The van der Waals surface area contributed by atoms with Crippen LogP contribution in [0.4, 0.5) is 0 Å². The van der Waals surface area contributed by atoms with Gasteiger partial charge in [-0.3, -0.25) is 11.3 Å². The molecule has 1 heterocycles. The van der Waals surface area contributed by atoms with Gasteiger partial charge in [0.2, 0.25) is 0 Å². The average molecular weight is 288 g/mol. The summed E-state index contributed by atoms with van der Waals surface area (Å²) in [4.78, 5) is 4.75. The van der Waals surface area contributed by atoms with Crippen LogP contribution in [-0.4, -0.2) is 28.3 Å². The molecule has 0 saturated heterocycles. The van der Waals surface area contributed by atoms with E-state index in [1.54, 1.807) is 7.11 Å². The Hall–Kier alpha value is -1.43. The number of ether oxygens (including phenoxy) is 1. The first-order valence-corrected chi connectivity index (χ1v) is 7.62. The highest BCUT2D eigenvalue weighted by molar-refractivity contribution is 5.75. The summed E-state index contributed by atoms with van der Waals surface area (Å²) in [6.07, 6.45) is 5.29. The number of aromatic nitrogens is 2. The highest BCUT2D eigenvalue weighted by Crippen LogP contribution is 2.36. The number of para-hydroxylation sites is 2. The topological polar surface area (TPSA) is 65.1 Å². The second kappa shape index (κ2) is 5.75. The molecule has 0 amide bonds. The van der Waals surface area contributed by atoms with Crippen molar-refractivity contribution in [2.45, 2.75) is 43.7 Å². The van der Waals surface area contributed by atoms with E-state index in [2.05, 4.69) is 23.1 Å². The zero-order valence-corrected chi connectivity index (χ0v) is 12.8. The summed E-state index contributed by atoms with van der Waals surface area (Å²) in [6.45, 7) is 0. The van der Waals surface area contributed by atoms with Gasteiger partial charge in [0.15, 0.2) is 0 Å². The predicted molar refractivity (Wildman–Crippen MR) is 83.7 cm³/mol. The number of nitrogens with zero attached hydrogens (tertiary/aromatic N) is 2. The number of aryl methyl sites for hydroxylation is 1. The Balaban J connectivity index is 1.90. The van der Waals surface area contributed by atoms with Crippen LogP contribution in [0.25, 0.3) is 11.0 Å². The van der Waals surface area contributed by atoms with Crippen molar-refractivity contribution in [2.24, 2.45) is 12.9 Å². The Morgan fingerprint density at radius 1 is 1.38 bits per heavy atom. The second-order valence-electron chi connectivity index (χ2n) is 5.98. The van der Waals surface area contributed by atoms with Gasteiger partial charge in [-0.25, -0.2) is 4.98 Å². The highest BCUT2D eigenvalue weighted by atomic mass is 16.5. The normalized spacial score (nSPS) is 19.2. The molecule has 1 atom stereocenters. The van der Waals surface area contributed by atoms with E-state index in [4.69, 9.17) is 15.6 Å².